The van der Waals surface area contributed by atoms with E-state index in [2.05, 4.69) is 25.7 Å². The highest BCUT2D eigenvalue weighted by Gasteiger charge is 2.34. The molecular formula is C16H25NO. The average molecular weight is 247 g/mol. The third-order valence-electron chi connectivity index (χ3n) is 4.07. The summed E-state index contributed by atoms with van der Waals surface area (Å²) in [6.45, 7) is 8.80. The van der Waals surface area contributed by atoms with Crippen molar-refractivity contribution in [1.29, 1.82) is 0 Å². The summed E-state index contributed by atoms with van der Waals surface area (Å²) >= 11 is 0. The summed E-state index contributed by atoms with van der Waals surface area (Å²) in [5, 5.41) is 10.9. The molecule has 2 nitrogen and oxygen atoms in total. The zero-order valence-electron chi connectivity index (χ0n) is 11.8. The Hall–Kier alpha value is -0.860. The number of benzene rings is 1. The van der Waals surface area contributed by atoms with E-state index in [1.54, 1.807) is 0 Å². The van der Waals surface area contributed by atoms with E-state index in [4.69, 9.17) is 0 Å². The minimum absolute atomic E-state index is 0.196. The Bertz CT molecular complexity index is 382. The summed E-state index contributed by atoms with van der Waals surface area (Å²) in [6, 6.07) is 10.1. The van der Waals surface area contributed by atoms with Crippen LogP contribution >= 0.6 is 0 Å². The molecule has 1 atom stereocenters. The zero-order valence-corrected chi connectivity index (χ0v) is 11.8. The second-order valence-electron chi connectivity index (χ2n) is 6.41. The van der Waals surface area contributed by atoms with Gasteiger partial charge in [0.1, 0.15) is 0 Å². The van der Waals surface area contributed by atoms with Gasteiger partial charge in [-0.05, 0) is 52.1 Å². The molecule has 0 aliphatic carbocycles. The Kier molecular flexibility index (Phi) is 3.79. The van der Waals surface area contributed by atoms with Crippen LogP contribution in [0.5, 0.6) is 0 Å². The number of aliphatic hydroxyl groups is 1. The summed E-state index contributed by atoms with van der Waals surface area (Å²) in [7, 11) is 0. The van der Waals surface area contributed by atoms with Crippen LogP contribution in [0.3, 0.4) is 0 Å². The molecule has 1 fully saturated rings. The lowest BCUT2D eigenvalue weighted by atomic mass is 9.87. The van der Waals surface area contributed by atoms with Gasteiger partial charge in [-0.15, -0.1) is 0 Å². The Labute approximate surface area is 111 Å². The third-order valence-corrected chi connectivity index (χ3v) is 4.07. The van der Waals surface area contributed by atoms with E-state index >= 15 is 0 Å². The van der Waals surface area contributed by atoms with Gasteiger partial charge >= 0.3 is 0 Å². The molecule has 100 valence electrons. The Balaban J connectivity index is 2.14. The van der Waals surface area contributed by atoms with Gasteiger partial charge in [-0.25, -0.2) is 0 Å². The van der Waals surface area contributed by atoms with E-state index in [1.165, 1.54) is 0 Å². The minimum atomic E-state index is -0.638. The quantitative estimate of drug-likeness (QED) is 0.824. The molecule has 1 aliphatic heterocycles. The molecule has 0 saturated carbocycles. The van der Waals surface area contributed by atoms with E-state index in [-0.39, 0.29) is 5.54 Å². The third kappa shape index (κ3) is 2.93. The van der Waals surface area contributed by atoms with Crippen molar-refractivity contribution < 1.29 is 5.11 Å². The van der Waals surface area contributed by atoms with Crippen molar-refractivity contribution in [3.63, 3.8) is 0 Å². The molecular weight excluding hydrogens is 222 g/mol. The summed E-state index contributed by atoms with van der Waals surface area (Å²) in [6.07, 6.45) is 2.75. The smallest absolute Gasteiger partial charge is 0.0909 e. The van der Waals surface area contributed by atoms with Gasteiger partial charge in [0.25, 0.3) is 0 Å². The summed E-state index contributed by atoms with van der Waals surface area (Å²) in [4.78, 5) is 2.48. The Morgan fingerprint density at radius 3 is 2.33 bits per heavy atom. The molecule has 2 rings (SSSR count). The van der Waals surface area contributed by atoms with Crippen LogP contribution in [0.1, 0.15) is 45.6 Å². The normalized spacial score (nSPS) is 26.9. The van der Waals surface area contributed by atoms with Crippen molar-refractivity contribution in [2.24, 2.45) is 0 Å². The predicted molar refractivity (Wildman–Crippen MR) is 75.5 cm³/mol. The van der Waals surface area contributed by atoms with Crippen molar-refractivity contribution in [3.8, 4) is 0 Å². The number of likely N-dealkylation sites (tertiary alicyclic amines) is 1. The van der Waals surface area contributed by atoms with E-state index in [0.29, 0.717) is 0 Å². The standard InChI is InChI=1S/C16H25NO/c1-15(2,3)17-12-7-10-16(18,11-13-17)14-8-5-4-6-9-14/h4-6,8-9,18H,7,10-13H2,1-3H3. The van der Waals surface area contributed by atoms with Crippen LogP contribution in [-0.2, 0) is 5.60 Å². The van der Waals surface area contributed by atoms with Crippen molar-refractivity contribution in [3.05, 3.63) is 35.9 Å². The highest BCUT2D eigenvalue weighted by Crippen LogP contribution is 2.34. The minimum Gasteiger partial charge on any atom is -0.385 e. The average Bonchev–Trinajstić information content (AvgIpc) is 2.53. The highest BCUT2D eigenvalue weighted by molar-refractivity contribution is 5.22. The number of rotatable bonds is 1. The van der Waals surface area contributed by atoms with Gasteiger partial charge in [0, 0.05) is 12.1 Å². The Morgan fingerprint density at radius 1 is 1.06 bits per heavy atom. The largest absolute Gasteiger partial charge is 0.385 e. The van der Waals surface area contributed by atoms with Gasteiger partial charge in [0.15, 0.2) is 0 Å². The fourth-order valence-electron chi connectivity index (χ4n) is 2.83. The number of hydrogen-bond acceptors (Lipinski definition) is 2. The molecule has 0 spiro atoms. The lowest BCUT2D eigenvalue weighted by molar-refractivity contribution is 0.0179. The SMILES string of the molecule is CC(C)(C)N1CCCC(O)(c2ccccc2)CC1. The molecule has 0 amide bonds. The van der Waals surface area contributed by atoms with Crippen LogP contribution in [0.4, 0.5) is 0 Å². The predicted octanol–water partition coefficient (Wildman–Crippen LogP) is 3.16. The monoisotopic (exact) mass is 247 g/mol. The maximum Gasteiger partial charge on any atom is 0.0909 e. The first-order valence-electron chi connectivity index (χ1n) is 6.95. The van der Waals surface area contributed by atoms with Gasteiger partial charge < -0.3 is 5.11 Å². The van der Waals surface area contributed by atoms with Gasteiger partial charge in [-0.2, -0.15) is 0 Å². The fraction of sp³-hybridized carbons (Fsp3) is 0.625. The molecule has 1 N–H and O–H groups in total. The van der Waals surface area contributed by atoms with Crippen molar-refractivity contribution >= 4 is 0 Å². The van der Waals surface area contributed by atoms with E-state index in [9.17, 15) is 5.11 Å². The first-order chi connectivity index (χ1) is 8.42. The highest BCUT2D eigenvalue weighted by atomic mass is 16.3. The van der Waals surface area contributed by atoms with Crippen LogP contribution in [0.2, 0.25) is 0 Å². The van der Waals surface area contributed by atoms with E-state index in [1.807, 2.05) is 30.3 Å². The lowest BCUT2D eigenvalue weighted by Crippen LogP contribution is -2.42. The van der Waals surface area contributed by atoms with Crippen LogP contribution in [-0.4, -0.2) is 28.6 Å². The molecule has 0 bridgehead atoms. The first-order valence-corrected chi connectivity index (χ1v) is 6.95. The molecule has 18 heavy (non-hydrogen) atoms. The summed E-state index contributed by atoms with van der Waals surface area (Å²) < 4.78 is 0. The van der Waals surface area contributed by atoms with Gasteiger partial charge in [0.2, 0.25) is 0 Å². The molecule has 1 heterocycles. The molecule has 1 saturated heterocycles. The second kappa shape index (κ2) is 5.02. The Morgan fingerprint density at radius 2 is 1.72 bits per heavy atom. The van der Waals surface area contributed by atoms with E-state index < -0.39 is 5.60 Å². The molecule has 1 unspecified atom stereocenters. The van der Waals surface area contributed by atoms with Crippen molar-refractivity contribution in [2.45, 2.75) is 51.2 Å². The zero-order chi connectivity index (χ0) is 13.2. The number of hydrogen-bond donors (Lipinski definition) is 1. The second-order valence-corrected chi connectivity index (χ2v) is 6.41. The maximum absolute atomic E-state index is 10.9. The molecule has 1 aliphatic rings. The van der Waals surface area contributed by atoms with Gasteiger partial charge in [-0.3, -0.25) is 4.90 Å². The van der Waals surface area contributed by atoms with E-state index in [0.717, 1.165) is 37.9 Å². The molecule has 1 aromatic rings. The molecule has 1 aromatic carbocycles. The van der Waals surface area contributed by atoms with Crippen molar-refractivity contribution in [1.82, 2.24) is 4.90 Å². The van der Waals surface area contributed by atoms with Crippen molar-refractivity contribution in [2.75, 3.05) is 13.1 Å². The maximum atomic E-state index is 10.9. The van der Waals surface area contributed by atoms with Crippen LogP contribution in [0, 0.1) is 0 Å². The van der Waals surface area contributed by atoms with Crippen LogP contribution in [0.25, 0.3) is 0 Å². The topological polar surface area (TPSA) is 23.5 Å². The number of nitrogens with zero attached hydrogens (tertiary/aromatic N) is 1. The van der Waals surface area contributed by atoms with Gasteiger partial charge in [-0.1, -0.05) is 30.3 Å². The summed E-state index contributed by atoms with van der Waals surface area (Å²) in [5.74, 6) is 0. The lowest BCUT2D eigenvalue weighted by Gasteiger charge is -2.35. The fourth-order valence-corrected chi connectivity index (χ4v) is 2.83. The van der Waals surface area contributed by atoms with Crippen LogP contribution in [0.15, 0.2) is 30.3 Å². The molecule has 0 aromatic heterocycles. The molecule has 0 radical (unpaired) electrons. The summed E-state index contributed by atoms with van der Waals surface area (Å²) in [5.41, 5.74) is 0.629. The first kappa shape index (κ1) is 13.6. The van der Waals surface area contributed by atoms with Crippen LogP contribution < -0.4 is 0 Å². The molecule has 2 heteroatoms. The van der Waals surface area contributed by atoms with Gasteiger partial charge in [0.05, 0.1) is 5.60 Å².